The first-order valence-electron chi connectivity index (χ1n) is 5.45. The van der Waals surface area contributed by atoms with Gasteiger partial charge in [-0.1, -0.05) is 6.42 Å². The van der Waals surface area contributed by atoms with E-state index in [4.69, 9.17) is 5.11 Å². The molecular formula is C12H11F2NO3. The molecule has 1 aromatic carbocycles. The van der Waals surface area contributed by atoms with Gasteiger partial charge in [-0.2, -0.15) is 0 Å². The summed E-state index contributed by atoms with van der Waals surface area (Å²) >= 11 is 0. The minimum atomic E-state index is -1.43. The third-order valence-corrected chi connectivity index (χ3v) is 3.23. The Labute approximate surface area is 102 Å². The van der Waals surface area contributed by atoms with Gasteiger partial charge >= 0.3 is 5.97 Å². The predicted molar refractivity (Wildman–Crippen MR) is 58.9 cm³/mol. The Morgan fingerprint density at radius 2 is 1.89 bits per heavy atom. The van der Waals surface area contributed by atoms with Crippen LogP contribution in [0.1, 0.15) is 19.3 Å². The molecule has 2 N–H and O–H groups in total. The van der Waals surface area contributed by atoms with Crippen LogP contribution in [0.5, 0.6) is 0 Å². The van der Waals surface area contributed by atoms with Crippen molar-refractivity contribution in [2.24, 2.45) is 5.41 Å². The highest BCUT2D eigenvalue weighted by Crippen LogP contribution is 2.42. The van der Waals surface area contributed by atoms with Crippen molar-refractivity contribution in [3.63, 3.8) is 0 Å². The van der Waals surface area contributed by atoms with Crippen LogP contribution in [0, 0.1) is 17.0 Å². The molecule has 1 saturated carbocycles. The lowest BCUT2D eigenvalue weighted by Gasteiger charge is -2.35. The van der Waals surface area contributed by atoms with Crippen molar-refractivity contribution in [1.29, 1.82) is 0 Å². The fraction of sp³-hybridized carbons (Fsp3) is 0.333. The van der Waals surface area contributed by atoms with E-state index in [1.54, 1.807) is 0 Å². The number of anilines is 1. The van der Waals surface area contributed by atoms with Gasteiger partial charge in [-0.15, -0.1) is 0 Å². The van der Waals surface area contributed by atoms with E-state index in [1.807, 2.05) is 0 Å². The summed E-state index contributed by atoms with van der Waals surface area (Å²) < 4.78 is 25.6. The highest BCUT2D eigenvalue weighted by atomic mass is 19.2. The van der Waals surface area contributed by atoms with Gasteiger partial charge in [0, 0.05) is 11.8 Å². The van der Waals surface area contributed by atoms with Crippen LogP contribution in [0.4, 0.5) is 14.5 Å². The lowest BCUT2D eigenvalue weighted by molar-refractivity contribution is -0.159. The van der Waals surface area contributed by atoms with E-state index in [9.17, 15) is 18.4 Å². The lowest BCUT2D eigenvalue weighted by atomic mass is 9.68. The van der Waals surface area contributed by atoms with Crippen molar-refractivity contribution >= 4 is 17.6 Å². The Kier molecular flexibility index (Phi) is 3.02. The molecule has 18 heavy (non-hydrogen) atoms. The molecule has 6 heteroatoms. The molecule has 96 valence electrons. The first kappa shape index (κ1) is 12.5. The number of aliphatic carboxylic acids is 1. The molecular weight excluding hydrogens is 244 g/mol. The summed E-state index contributed by atoms with van der Waals surface area (Å²) in [6.45, 7) is 0. The zero-order valence-corrected chi connectivity index (χ0v) is 9.37. The van der Waals surface area contributed by atoms with Crippen LogP contribution < -0.4 is 5.32 Å². The van der Waals surface area contributed by atoms with Crippen LogP contribution in [-0.2, 0) is 9.59 Å². The zero-order valence-electron chi connectivity index (χ0n) is 9.37. The molecule has 0 unspecified atom stereocenters. The van der Waals surface area contributed by atoms with Crippen molar-refractivity contribution < 1.29 is 23.5 Å². The number of carbonyl (C=O) groups is 2. The molecule has 0 radical (unpaired) electrons. The highest BCUT2D eigenvalue weighted by molar-refractivity contribution is 6.09. The largest absolute Gasteiger partial charge is 0.480 e. The summed E-state index contributed by atoms with van der Waals surface area (Å²) in [4.78, 5) is 22.9. The molecule has 1 aliphatic carbocycles. The molecule has 1 fully saturated rings. The molecule has 0 heterocycles. The van der Waals surface area contributed by atoms with E-state index in [1.165, 1.54) is 6.07 Å². The summed E-state index contributed by atoms with van der Waals surface area (Å²) in [5.41, 5.74) is -1.38. The average Bonchev–Trinajstić information content (AvgIpc) is 2.21. The van der Waals surface area contributed by atoms with Crippen LogP contribution in [0.3, 0.4) is 0 Å². The minimum Gasteiger partial charge on any atom is -0.480 e. The van der Waals surface area contributed by atoms with Gasteiger partial charge in [0.05, 0.1) is 0 Å². The number of hydrogen-bond donors (Lipinski definition) is 2. The third kappa shape index (κ3) is 1.94. The van der Waals surface area contributed by atoms with Gasteiger partial charge in [-0.25, -0.2) is 8.78 Å². The van der Waals surface area contributed by atoms with E-state index in [0.717, 1.165) is 12.1 Å². The van der Waals surface area contributed by atoms with Crippen molar-refractivity contribution in [3.8, 4) is 0 Å². The number of nitrogens with one attached hydrogen (secondary N) is 1. The van der Waals surface area contributed by atoms with Gasteiger partial charge in [0.25, 0.3) is 0 Å². The predicted octanol–water partition coefficient (Wildman–Crippen LogP) is 2.16. The minimum absolute atomic E-state index is 0.0476. The van der Waals surface area contributed by atoms with Crippen molar-refractivity contribution in [2.75, 3.05) is 5.32 Å². The second-order valence-corrected chi connectivity index (χ2v) is 4.32. The van der Waals surface area contributed by atoms with Crippen LogP contribution in [0.25, 0.3) is 0 Å². The van der Waals surface area contributed by atoms with Gasteiger partial charge < -0.3 is 10.4 Å². The summed E-state index contributed by atoms with van der Waals surface area (Å²) in [7, 11) is 0. The third-order valence-electron chi connectivity index (χ3n) is 3.23. The maximum absolute atomic E-state index is 12.9. The van der Waals surface area contributed by atoms with E-state index in [2.05, 4.69) is 5.32 Å². The normalized spacial score (nSPS) is 16.8. The Bertz CT molecular complexity index is 512. The quantitative estimate of drug-likeness (QED) is 0.813. The molecule has 4 nitrogen and oxygen atoms in total. The van der Waals surface area contributed by atoms with E-state index in [-0.39, 0.29) is 18.5 Å². The first-order chi connectivity index (χ1) is 8.45. The zero-order chi connectivity index (χ0) is 13.3. The summed E-state index contributed by atoms with van der Waals surface area (Å²) in [6.07, 6.45) is 1.19. The Balaban J connectivity index is 2.16. The molecule has 0 atom stereocenters. The van der Waals surface area contributed by atoms with Crippen molar-refractivity contribution in [1.82, 2.24) is 0 Å². The smallest absolute Gasteiger partial charge is 0.319 e. The molecule has 0 spiro atoms. The molecule has 0 aliphatic heterocycles. The van der Waals surface area contributed by atoms with Crippen LogP contribution in [-0.4, -0.2) is 17.0 Å². The second kappa shape index (κ2) is 4.36. The number of hydrogen-bond acceptors (Lipinski definition) is 2. The second-order valence-electron chi connectivity index (χ2n) is 4.32. The maximum atomic E-state index is 12.9. The van der Waals surface area contributed by atoms with E-state index < -0.39 is 28.9 Å². The summed E-state index contributed by atoms with van der Waals surface area (Å²) in [6, 6.07) is 2.88. The van der Waals surface area contributed by atoms with Crippen LogP contribution in [0.2, 0.25) is 0 Å². The number of rotatable bonds is 3. The Hall–Kier alpha value is -1.98. The number of benzene rings is 1. The molecule has 0 saturated heterocycles. The molecule has 2 rings (SSSR count). The fourth-order valence-electron chi connectivity index (χ4n) is 1.89. The van der Waals surface area contributed by atoms with Gasteiger partial charge in [0.15, 0.2) is 11.6 Å². The monoisotopic (exact) mass is 255 g/mol. The van der Waals surface area contributed by atoms with E-state index >= 15 is 0 Å². The Morgan fingerprint density at radius 1 is 1.22 bits per heavy atom. The van der Waals surface area contributed by atoms with Crippen LogP contribution in [0.15, 0.2) is 18.2 Å². The fourth-order valence-corrected chi connectivity index (χ4v) is 1.89. The SMILES string of the molecule is O=C(O)C1(C(=O)Nc2ccc(F)c(F)c2)CCC1. The van der Waals surface area contributed by atoms with Gasteiger partial charge in [-0.05, 0) is 25.0 Å². The van der Waals surface area contributed by atoms with Gasteiger partial charge in [0.1, 0.15) is 5.41 Å². The summed E-state index contributed by atoms with van der Waals surface area (Å²) in [5, 5.41) is 11.3. The summed E-state index contributed by atoms with van der Waals surface area (Å²) in [5.74, 6) is -3.99. The number of carboxylic acid groups (broad SMARTS) is 1. The maximum Gasteiger partial charge on any atom is 0.319 e. The number of halogens is 2. The van der Waals surface area contributed by atoms with Gasteiger partial charge in [0.2, 0.25) is 5.91 Å². The highest BCUT2D eigenvalue weighted by Gasteiger charge is 2.51. The first-order valence-corrected chi connectivity index (χ1v) is 5.45. The molecule has 0 bridgehead atoms. The average molecular weight is 255 g/mol. The topological polar surface area (TPSA) is 66.4 Å². The van der Waals surface area contributed by atoms with E-state index in [0.29, 0.717) is 6.42 Å². The molecule has 1 aliphatic rings. The molecule has 1 aromatic rings. The van der Waals surface area contributed by atoms with Crippen molar-refractivity contribution in [3.05, 3.63) is 29.8 Å². The Morgan fingerprint density at radius 3 is 2.33 bits per heavy atom. The molecule has 0 aromatic heterocycles. The van der Waals surface area contributed by atoms with Crippen LogP contribution >= 0.6 is 0 Å². The lowest BCUT2D eigenvalue weighted by Crippen LogP contribution is -2.48. The number of carbonyl (C=O) groups excluding carboxylic acids is 1. The standard InChI is InChI=1S/C12H11F2NO3/c13-8-3-2-7(6-9(8)14)15-10(16)12(11(17)18)4-1-5-12/h2-3,6H,1,4-5H2,(H,15,16)(H,17,18). The van der Waals surface area contributed by atoms with Crippen molar-refractivity contribution in [2.45, 2.75) is 19.3 Å². The number of carboxylic acids is 1. The molecule has 1 amide bonds. The van der Waals surface area contributed by atoms with Gasteiger partial charge in [-0.3, -0.25) is 9.59 Å². The number of amides is 1.